The van der Waals surface area contributed by atoms with E-state index < -0.39 is 30.3 Å². The molecule has 0 heterocycles. The molecule has 1 amide bonds. The minimum Gasteiger partial charge on any atom is -0.481 e. The van der Waals surface area contributed by atoms with Gasteiger partial charge in [0.1, 0.15) is 0 Å². The average molecular weight is 246 g/mol. The molecular formula is C10H18N2O5. The Hall–Kier alpha value is -1.63. The number of ether oxygens (including phenoxy) is 1. The summed E-state index contributed by atoms with van der Waals surface area (Å²) in [5.74, 6) is -2.16. The normalized spacial score (nSPS) is 12.0. The van der Waals surface area contributed by atoms with Crippen LogP contribution in [0.15, 0.2) is 0 Å². The van der Waals surface area contributed by atoms with E-state index in [2.05, 4.69) is 5.32 Å². The Labute approximate surface area is 99.3 Å². The minimum absolute atomic E-state index is 0.0315. The van der Waals surface area contributed by atoms with Crippen LogP contribution in [0.5, 0.6) is 0 Å². The number of carboxylic acids is 1. The van der Waals surface area contributed by atoms with Gasteiger partial charge < -0.3 is 20.9 Å². The van der Waals surface area contributed by atoms with E-state index in [4.69, 9.17) is 15.6 Å². The second kappa shape index (κ2) is 7.61. The molecule has 0 aliphatic carbocycles. The molecule has 0 aromatic carbocycles. The van der Waals surface area contributed by atoms with Crippen molar-refractivity contribution in [2.45, 2.75) is 38.8 Å². The number of esters is 1. The Balaban J connectivity index is 3.77. The van der Waals surface area contributed by atoms with E-state index in [1.165, 1.54) is 0 Å². The van der Waals surface area contributed by atoms with Crippen molar-refractivity contribution < 1.29 is 24.2 Å². The topological polar surface area (TPSA) is 119 Å². The van der Waals surface area contributed by atoms with Crippen LogP contribution in [0.25, 0.3) is 0 Å². The monoisotopic (exact) mass is 246 g/mol. The maximum absolute atomic E-state index is 11.2. The van der Waals surface area contributed by atoms with Crippen LogP contribution in [0.1, 0.15) is 26.7 Å². The summed E-state index contributed by atoms with van der Waals surface area (Å²) in [5.41, 5.74) is 5.31. The molecule has 7 nitrogen and oxygen atoms in total. The molecule has 0 aromatic rings. The molecule has 4 N–H and O–H groups in total. The van der Waals surface area contributed by atoms with Crippen molar-refractivity contribution in [1.82, 2.24) is 5.32 Å². The zero-order valence-electron chi connectivity index (χ0n) is 9.93. The average Bonchev–Trinajstić information content (AvgIpc) is 2.14. The van der Waals surface area contributed by atoms with Crippen molar-refractivity contribution >= 4 is 17.8 Å². The summed E-state index contributed by atoms with van der Waals surface area (Å²) in [6.07, 6.45) is -0.612. The van der Waals surface area contributed by atoms with Gasteiger partial charge >= 0.3 is 11.9 Å². The fraction of sp³-hybridized carbons (Fsp3) is 0.700. The van der Waals surface area contributed by atoms with Crippen LogP contribution in [0, 0.1) is 0 Å². The predicted molar refractivity (Wildman–Crippen MR) is 59.1 cm³/mol. The smallest absolute Gasteiger partial charge is 0.307 e. The molecule has 0 rings (SSSR count). The molecule has 0 saturated heterocycles. The maximum atomic E-state index is 11.2. The molecule has 0 radical (unpaired) electrons. The highest BCUT2D eigenvalue weighted by atomic mass is 16.5. The molecule has 0 bridgehead atoms. The third kappa shape index (κ3) is 8.21. The van der Waals surface area contributed by atoms with Gasteiger partial charge in [0.2, 0.25) is 5.91 Å². The van der Waals surface area contributed by atoms with Gasteiger partial charge in [-0.1, -0.05) is 0 Å². The number of amides is 1. The van der Waals surface area contributed by atoms with Crippen molar-refractivity contribution in [1.29, 1.82) is 0 Å². The van der Waals surface area contributed by atoms with Crippen molar-refractivity contribution in [3.63, 3.8) is 0 Å². The summed E-state index contributed by atoms with van der Waals surface area (Å²) >= 11 is 0. The number of nitrogens with one attached hydrogen (secondary N) is 1. The second-order valence-electron chi connectivity index (χ2n) is 3.78. The van der Waals surface area contributed by atoms with Gasteiger partial charge in [-0.15, -0.1) is 0 Å². The molecule has 98 valence electrons. The number of carbonyl (C=O) groups excluding carboxylic acids is 2. The van der Waals surface area contributed by atoms with E-state index >= 15 is 0 Å². The first-order valence-electron chi connectivity index (χ1n) is 5.27. The number of hydrogen-bond donors (Lipinski definition) is 3. The Kier molecular flexibility index (Phi) is 6.88. The van der Waals surface area contributed by atoms with Crippen LogP contribution in [0.2, 0.25) is 0 Å². The zero-order chi connectivity index (χ0) is 13.4. The first-order valence-corrected chi connectivity index (χ1v) is 5.27. The molecule has 0 spiro atoms. The summed E-state index contributed by atoms with van der Waals surface area (Å²) < 4.78 is 4.84. The Bertz CT molecular complexity index is 290. The maximum Gasteiger partial charge on any atom is 0.307 e. The number of rotatable bonds is 7. The standard InChI is InChI=1S/C10H18N2O5/c1-6(2)17-9(15)3-4-12-10(16)7(11)5-8(13)14/h6-7H,3-5,11H2,1-2H3,(H,12,16)(H,13,14)/t7-/m0/s1. The molecule has 0 aliphatic heterocycles. The van der Waals surface area contributed by atoms with Gasteiger partial charge in [0.05, 0.1) is 25.0 Å². The Morgan fingerprint density at radius 3 is 2.41 bits per heavy atom. The van der Waals surface area contributed by atoms with Crippen molar-refractivity contribution in [2.24, 2.45) is 5.73 Å². The molecule has 0 aromatic heterocycles. The number of hydrogen-bond acceptors (Lipinski definition) is 5. The fourth-order valence-electron chi connectivity index (χ4n) is 1.02. The van der Waals surface area contributed by atoms with Gasteiger partial charge in [0.25, 0.3) is 0 Å². The minimum atomic E-state index is -1.15. The number of carboxylic acid groups (broad SMARTS) is 1. The zero-order valence-corrected chi connectivity index (χ0v) is 9.93. The van der Waals surface area contributed by atoms with Crippen LogP contribution in [-0.2, 0) is 19.1 Å². The van der Waals surface area contributed by atoms with Gasteiger partial charge in [0, 0.05) is 6.54 Å². The first kappa shape index (κ1) is 15.4. The SMILES string of the molecule is CC(C)OC(=O)CCNC(=O)[C@@H](N)CC(=O)O. The van der Waals surface area contributed by atoms with E-state index in [1.807, 2.05) is 0 Å². The molecule has 0 fully saturated rings. The molecule has 1 atom stereocenters. The lowest BCUT2D eigenvalue weighted by Crippen LogP contribution is -2.42. The van der Waals surface area contributed by atoms with Gasteiger partial charge in [-0.2, -0.15) is 0 Å². The Morgan fingerprint density at radius 1 is 1.35 bits per heavy atom. The number of carbonyl (C=O) groups is 3. The largest absolute Gasteiger partial charge is 0.481 e. The summed E-state index contributed by atoms with van der Waals surface area (Å²) in [6, 6.07) is -1.10. The van der Waals surface area contributed by atoms with Crippen molar-refractivity contribution in [3.05, 3.63) is 0 Å². The van der Waals surface area contributed by atoms with E-state index in [1.54, 1.807) is 13.8 Å². The van der Waals surface area contributed by atoms with Crippen LogP contribution in [0.4, 0.5) is 0 Å². The first-order chi connectivity index (χ1) is 7.82. The van der Waals surface area contributed by atoms with Gasteiger partial charge in [-0.25, -0.2) is 0 Å². The summed E-state index contributed by atoms with van der Waals surface area (Å²) in [5, 5.41) is 10.8. The van der Waals surface area contributed by atoms with Crippen LogP contribution >= 0.6 is 0 Å². The molecular weight excluding hydrogens is 228 g/mol. The van der Waals surface area contributed by atoms with Crippen LogP contribution in [-0.4, -0.2) is 41.6 Å². The lowest BCUT2D eigenvalue weighted by molar-refractivity contribution is -0.147. The third-order valence-electron chi connectivity index (χ3n) is 1.73. The Morgan fingerprint density at radius 2 is 1.94 bits per heavy atom. The van der Waals surface area contributed by atoms with Crippen molar-refractivity contribution in [2.75, 3.05) is 6.54 Å². The second-order valence-corrected chi connectivity index (χ2v) is 3.78. The van der Waals surface area contributed by atoms with Gasteiger partial charge in [0.15, 0.2) is 0 Å². The quantitative estimate of drug-likeness (QED) is 0.508. The summed E-state index contributed by atoms with van der Waals surface area (Å²) in [6.45, 7) is 3.52. The van der Waals surface area contributed by atoms with E-state index in [0.717, 1.165) is 0 Å². The van der Waals surface area contributed by atoms with Crippen LogP contribution in [0.3, 0.4) is 0 Å². The predicted octanol–water partition coefficient (Wildman–Crippen LogP) is -0.754. The van der Waals surface area contributed by atoms with Crippen LogP contribution < -0.4 is 11.1 Å². The van der Waals surface area contributed by atoms with E-state index in [-0.39, 0.29) is 19.1 Å². The van der Waals surface area contributed by atoms with E-state index in [0.29, 0.717) is 0 Å². The highest BCUT2D eigenvalue weighted by Crippen LogP contribution is 1.93. The molecule has 0 aliphatic rings. The van der Waals surface area contributed by atoms with E-state index in [9.17, 15) is 14.4 Å². The number of aliphatic carboxylic acids is 1. The fourth-order valence-corrected chi connectivity index (χ4v) is 1.02. The highest BCUT2D eigenvalue weighted by Gasteiger charge is 2.16. The van der Waals surface area contributed by atoms with Crippen molar-refractivity contribution in [3.8, 4) is 0 Å². The molecule has 17 heavy (non-hydrogen) atoms. The molecule has 7 heteroatoms. The number of nitrogens with two attached hydrogens (primary N) is 1. The molecule has 0 saturated carbocycles. The lowest BCUT2D eigenvalue weighted by atomic mass is 10.2. The highest BCUT2D eigenvalue weighted by molar-refractivity contribution is 5.86. The van der Waals surface area contributed by atoms with Gasteiger partial charge in [-0.3, -0.25) is 14.4 Å². The van der Waals surface area contributed by atoms with Gasteiger partial charge in [-0.05, 0) is 13.8 Å². The summed E-state index contributed by atoms with van der Waals surface area (Å²) in [7, 11) is 0. The molecule has 0 unspecified atom stereocenters. The summed E-state index contributed by atoms with van der Waals surface area (Å²) in [4.78, 5) is 32.6. The lowest BCUT2D eigenvalue weighted by Gasteiger charge is -2.11. The third-order valence-corrected chi connectivity index (χ3v) is 1.73.